The number of rotatable bonds is 54. The first-order valence-electron chi connectivity index (χ1n) is 31.3. The summed E-state index contributed by atoms with van der Waals surface area (Å²) in [7, 11) is 0. The second kappa shape index (κ2) is 65.0. The maximum atomic E-state index is 12.9. The third-order valence-corrected chi connectivity index (χ3v) is 12.4. The quantitative estimate of drug-likeness (QED) is 0.0261. The Morgan fingerprint density at radius 2 is 0.456 bits per heavy atom. The number of carbonyl (C=O) groups is 3. The topological polar surface area (TPSA) is 78.9 Å². The van der Waals surface area contributed by atoms with Crippen LogP contribution in [-0.4, -0.2) is 37.2 Å². The van der Waals surface area contributed by atoms with Gasteiger partial charge in [-0.2, -0.15) is 0 Å². The standard InChI is InChI=1S/C73H112O6/c1-4-7-10-13-16-19-22-25-28-31-34-36-39-42-45-48-51-54-57-60-63-66-72(75)78-69-70(68-77-71(74)65-62-59-56-53-50-47-44-41-38-33-30-27-24-21-18-15-12-9-6-3)79-73(76)67-64-61-58-55-52-49-46-43-40-37-35-32-29-26-23-20-17-14-11-8-5-2/h7-12,16-21,25-30,34-38,41-43,45-46,51,54,70H,4-6,13-15,22-24,31-33,39-40,44,47-50,52-53,55-69H2,1-3H3/b10-7-,11-8-,12-9-,19-16-,20-17-,21-18-,28-25-,29-26-,30-27-,36-34-,37-35-,41-38-,45-42-,46-43-,54-51-. The lowest BCUT2D eigenvalue weighted by Crippen LogP contribution is -2.30. The van der Waals surface area contributed by atoms with E-state index in [1.54, 1.807) is 0 Å². The molecule has 0 spiro atoms. The Labute approximate surface area is 484 Å². The SMILES string of the molecule is CC/C=C\C/C=C\C/C=C\C/C=C\C/C=C\C/C=C\CCCCC(=O)OCC(COC(=O)CCCCCCCC/C=C\C/C=C\C/C=C\C/C=C\CC)OC(=O)CCCCCCC/C=C\C/C=C\C/C=C\C/C=C\C/C=C\CC. The van der Waals surface area contributed by atoms with Crippen LogP contribution in [0.1, 0.15) is 239 Å². The highest BCUT2D eigenvalue weighted by Crippen LogP contribution is 2.13. The minimum Gasteiger partial charge on any atom is -0.462 e. The highest BCUT2D eigenvalue weighted by molar-refractivity contribution is 5.71. The largest absolute Gasteiger partial charge is 0.462 e. The van der Waals surface area contributed by atoms with Crippen molar-refractivity contribution in [1.29, 1.82) is 0 Å². The molecule has 0 amide bonds. The first kappa shape index (κ1) is 73.5. The monoisotopic (exact) mass is 1080 g/mol. The molecule has 79 heavy (non-hydrogen) atoms. The Bertz CT molecular complexity index is 1870. The molecule has 0 radical (unpaired) electrons. The highest BCUT2D eigenvalue weighted by Gasteiger charge is 2.19. The molecular formula is C73H112O6. The minimum absolute atomic E-state index is 0.117. The van der Waals surface area contributed by atoms with Crippen LogP contribution in [0.15, 0.2) is 182 Å². The van der Waals surface area contributed by atoms with E-state index >= 15 is 0 Å². The molecule has 0 saturated carbocycles. The van der Waals surface area contributed by atoms with Gasteiger partial charge in [-0.15, -0.1) is 0 Å². The minimum atomic E-state index is -0.826. The average molecular weight is 1090 g/mol. The molecular weight excluding hydrogens is 973 g/mol. The van der Waals surface area contributed by atoms with Crippen LogP contribution in [0.2, 0.25) is 0 Å². The number of hydrogen-bond acceptors (Lipinski definition) is 6. The molecule has 1 unspecified atom stereocenters. The first-order chi connectivity index (χ1) is 39.0. The lowest BCUT2D eigenvalue weighted by atomic mass is 10.1. The number of allylic oxidation sites excluding steroid dienone is 30. The number of unbranched alkanes of at least 4 members (excludes halogenated alkanes) is 13. The summed E-state index contributed by atoms with van der Waals surface area (Å²) in [4.78, 5) is 38.4. The summed E-state index contributed by atoms with van der Waals surface area (Å²) in [5.41, 5.74) is 0. The van der Waals surface area contributed by atoms with Crippen molar-refractivity contribution in [3.05, 3.63) is 182 Å². The van der Waals surface area contributed by atoms with Gasteiger partial charge in [-0.3, -0.25) is 14.4 Å². The van der Waals surface area contributed by atoms with Crippen molar-refractivity contribution >= 4 is 17.9 Å². The summed E-state index contributed by atoms with van der Waals surface area (Å²) in [5, 5.41) is 0. The number of esters is 3. The van der Waals surface area contributed by atoms with Gasteiger partial charge in [0.05, 0.1) is 0 Å². The van der Waals surface area contributed by atoms with Gasteiger partial charge in [0.15, 0.2) is 6.10 Å². The lowest BCUT2D eigenvalue weighted by Gasteiger charge is -2.18. The van der Waals surface area contributed by atoms with E-state index in [0.717, 1.165) is 180 Å². The van der Waals surface area contributed by atoms with Gasteiger partial charge in [0.1, 0.15) is 13.2 Å². The number of carbonyl (C=O) groups excluding carboxylic acids is 3. The van der Waals surface area contributed by atoms with Crippen LogP contribution in [0.25, 0.3) is 0 Å². The van der Waals surface area contributed by atoms with Gasteiger partial charge in [-0.25, -0.2) is 0 Å². The van der Waals surface area contributed by atoms with Gasteiger partial charge >= 0.3 is 17.9 Å². The molecule has 0 rings (SSSR count). The second-order valence-electron chi connectivity index (χ2n) is 19.8. The van der Waals surface area contributed by atoms with Gasteiger partial charge in [0, 0.05) is 19.3 Å². The summed E-state index contributed by atoms with van der Waals surface area (Å²) >= 11 is 0. The zero-order chi connectivity index (χ0) is 57.1. The van der Waals surface area contributed by atoms with E-state index in [0.29, 0.717) is 12.8 Å². The van der Waals surface area contributed by atoms with Crippen molar-refractivity contribution in [2.24, 2.45) is 0 Å². The number of hydrogen-bond donors (Lipinski definition) is 0. The van der Waals surface area contributed by atoms with E-state index in [1.807, 2.05) is 0 Å². The highest BCUT2D eigenvalue weighted by atomic mass is 16.6. The van der Waals surface area contributed by atoms with Crippen molar-refractivity contribution in [3.8, 4) is 0 Å². The molecule has 0 bridgehead atoms. The average Bonchev–Trinajstić information content (AvgIpc) is 3.45. The van der Waals surface area contributed by atoms with E-state index in [1.165, 1.54) is 12.8 Å². The summed E-state index contributed by atoms with van der Waals surface area (Å²) in [6, 6.07) is 0. The molecule has 1 atom stereocenters. The van der Waals surface area contributed by atoms with E-state index < -0.39 is 6.10 Å². The van der Waals surface area contributed by atoms with E-state index in [4.69, 9.17) is 14.2 Å². The molecule has 6 heteroatoms. The molecule has 6 nitrogen and oxygen atoms in total. The molecule has 0 aliphatic heterocycles. The summed E-state index contributed by atoms with van der Waals surface area (Å²) in [6.07, 6.45) is 97.4. The Kier molecular flexibility index (Phi) is 60.5. The van der Waals surface area contributed by atoms with Gasteiger partial charge in [0.25, 0.3) is 0 Å². The van der Waals surface area contributed by atoms with Crippen LogP contribution in [0.5, 0.6) is 0 Å². The summed E-state index contributed by atoms with van der Waals surface area (Å²) in [6.45, 7) is 6.22. The zero-order valence-corrected chi connectivity index (χ0v) is 50.3. The first-order valence-corrected chi connectivity index (χ1v) is 31.3. The Balaban J connectivity index is 4.59. The Morgan fingerprint density at radius 1 is 0.253 bits per heavy atom. The van der Waals surface area contributed by atoms with Gasteiger partial charge in [-0.1, -0.05) is 248 Å². The fourth-order valence-electron chi connectivity index (χ4n) is 7.81. The van der Waals surface area contributed by atoms with Gasteiger partial charge in [-0.05, 0) is 154 Å². The van der Waals surface area contributed by atoms with Crippen LogP contribution < -0.4 is 0 Å². The molecule has 0 saturated heterocycles. The van der Waals surface area contributed by atoms with Crippen molar-refractivity contribution < 1.29 is 28.6 Å². The predicted octanol–water partition coefficient (Wildman–Crippen LogP) is 21.7. The Hall–Kier alpha value is -5.49. The molecule has 440 valence electrons. The van der Waals surface area contributed by atoms with E-state index in [9.17, 15) is 14.4 Å². The fourth-order valence-corrected chi connectivity index (χ4v) is 7.81. The lowest BCUT2D eigenvalue weighted by molar-refractivity contribution is -0.167. The third-order valence-electron chi connectivity index (χ3n) is 12.4. The molecule has 0 fully saturated rings. The predicted molar refractivity (Wildman–Crippen MR) is 343 cm³/mol. The maximum Gasteiger partial charge on any atom is 0.306 e. The molecule has 0 N–H and O–H groups in total. The van der Waals surface area contributed by atoms with Crippen molar-refractivity contribution in [1.82, 2.24) is 0 Å². The summed E-state index contributed by atoms with van der Waals surface area (Å²) < 4.78 is 16.9. The molecule has 0 aromatic heterocycles. The summed E-state index contributed by atoms with van der Waals surface area (Å²) in [5.74, 6) is -1.00. The molecule has 0 aliphatic carbocycles. The Morgan fingerprint density at radius 3 is 0.734 bits per heavy atom. The number of ether oxygens (including phenoxy) is 3. The smallest absolute Gasteiger partial charge is 0.306 e. The van der Waals surface area contributed by atoms with Crippen LogP contribution >= 0.6 is 0 Å². The van der Waals surface area contributed by atoms with Crippen LogP contribution in [-0.2, 0) is 28.6 Å². The van der Waals surface area contributed by atoms with E-state index in [-0.39, 0.29) is 44.0 Å². The normalized spacial score (nSPS) is 13.4. The van der Waals surface area contributed by atoms with Crippen molar-refractivity contribution in [3.63, 3.8) is 0 Å². The molecule has 0 heterocycles. The van der Waals surface area contributed by atoms with Crippen LogP contribution in [0.3, 0.4) is 0 Å². The maximum absolute atomic E-state index is 12.9. The van der Waals surface area contributed by atoms with Crippen LogP contribution in [0, 0.1) is 0 Å². The molecule has 0 aliphatic rings. The van der Waals surface area contributed by atoms with Crippen LogP contribution in [0.4, 0.5) is 0 Å². The van der Waals surface area contributed by atoms with Crippen molar-refractivity contribution in [2.45, 2.75) is 245 Å². The van der Waals surface area contributed by atoms with Crippen molar-refractivity contribution in [2.75, 3.05) is 13.2 Å². The fraction of sp³-hybridized carbons (Fsp3) is 0.548. The molecule has 0 aromatic rings. The zero-order valence-electron chi connectivity index (χ0n) is 50.3. The van der Waals surface area contributed by atoms with E-state index in [2.05, 4.69) is 203 Å². The van der Waals surface area contributed by atoms with Gasteiger partial charge < -0.3 is 14.2 Å². The third kappa shape index (κ3) is 63.2. The molecule has 0 aromatic carbocycles. The second-order valence-corrected chi connectivity index (χ2v) is 19.8. The van der Waals surface area contributed by atoms with Gasteiger partial charge in [0.2, 0.25) is 0 Å².